The fraction of sp³-hybridized carbons (Fsp3) is 0.0667. The van der Waals surface area contributed by atoms with Crippen LogP contribution < -0.4 is 5.73 Å². The van der Waals surface area contributed by atoms with Gasteiger partial charge in [0.2, 0.25) is 0 Å². The summed E-state index contributed by atoms with van der Waals surface area (Å²) >= 11 is 1.42. The van der Waals surface area contributed by atoms with E-state index in [2.05, 4.69) is 9.97 Å². The summed E-state index contributed by atoms with van der Waals surface area (Å²) in [5.74, 6) is -0.280. The van der Waals surface area contributed by atoms with Gasteiger partial charge in [0, 0.05) is 11.8 Å². The topological polar surface area (TPSA) is 51.8 Å². The molecule has 20 heavy (non-hydrogen) atoms. The van der Waals surface area contributed by atoms with E-state index < -0.39 is 0 Å². The highest BCUT2D eigenvalue weighted by Crippen LogP contribution is 2.33. The Morgan fingerprint density at radius 3 is 2.70 bits per heavy atom. The van der Waals surface area contributed by atoms with Gasteiger partial charge in [-0.3, -0.25) is 4.98 Å². The van der Waals surface area contributed by atoms with Crippen LogP contribution in [0.4, 0.5) is 9.52 Å². The van der Waals surface area contributed by atoms with Gasteiger partial charge in [0.25, 0.3) is 0 Å². The Kier molecular flexibility index (Phi) is 3.20. The second kappa shape index (κ2) is 5.02. The number of halogens is 1. The fourth-order valence-electron chi connectivity index (χ4n) is 2.07. The molecule has 0 amide bonds. The molecular weight excluding hydrogens is 273 g/mol. The van der Waals surface area contributed by atoms with Crippen molar-refractivity contribution in [2.24, 2.45) is 0 Å². The Hall–Kier alpha value is -2.27. The van der Waals surface area contributed by atoms with Crippen molar-refractivity contribution in [3.8, 4) is 21.7 Å². The number of aromatic nitrogens is 2. The highest BCUT2D eigenvalue weighted by atomic mass is 32.1. The van der Waals surface area contributed by atoms with E-state index in [1.807, 2.05) is 19.1 Å². The van der Waals surface area contributed by atoms with Crippen LogP contribution in [0.25, 0.3) is 21.7 Å². The van der Waals surface area contributed by atoms with Gasteiger partial charge in [-0.05, 0) is 36.8 Å². The first-order chi connectivity index (χ1) is 9.65. The summed E-state index contributed by atoms with van der Waals surface area (Å²) in [5, 5.41) is 0.529. The Morgan fingerprint density at radius 1 is 1.20 bits per heavy atom. The molecule has 0 radical (unpaired) electrons. The van der Waals surface area contributed by atoms with E-state index in [0.29, 0.717) is 16.4 Å². The lowest BCUT2D eigenvalue weighted by Gasteiger charge is -2.05. The molecule has 3 aromatic rings. The van der Waals surface area contributed by atoms with Gasteiger partial charge in [0.05, 0.1) is 16.3 Å². The van der Waals surface area contributed by atoms with Gasteiger partial charge in [-0.15, -0.1) is 0 Å². The van der Waals surface area contributed by atoms with Crippen molar-refractivity contribution in [2.75, 3.05) is 5.73 Å². The molecule has 0 saturated carbocycles. The van der Waals surface area contributed by atoms with Gasteiger partial charge in [0.1, 0.15) is 5.82 Å². The average molecular weight is 285 g/mol. The standard InChI is InChI=1S/C15H12FN3S/c1-9-14(20-15(17)19-9)10-6-7-18-13(8-10)11-4-2-3-5-12(11)16/h2-8H,1H3,(H2,17,19). The number of pyridine rings is 1. The molecular formula is C15H12FN3S. The summed E-state index contributed by atoms with van der Waals surface area (Å²) in [7, 11) is 0. The summed E-state index contributed by atoms with van der Waals surface area (Å²) < 4.78 is 13.8. The van der Waals surface area contributed by atoms with Crippen molar-refractivity contribution in [1.82, 2.24) is 9.97 Å². The minimum absolute atomic E-state index is 0.280. The van der Waals surface area contributed by atoms with Crippen LogP contribution in [-0.4, -0.2) is 9.97 Å². The molecule has 3 rings (SSSR count). The minimum atomic E-state index is -0.280. The van der Waals surface area contributed by atoms with E-state index in [1.54, 1.807) is 24.4 Å². The Bertz CT molecular complexity index is 767. The van der Waals surface area contributed by atoms with Gasteiger partial charge in [-0.2, -0.15) is 0 Å². The maximum atomic E-state index is 13.8. The van der Waals surface area contributed by atoms with Gasteiger partial charge >= 0.3 is 0 Å². The Labute approximate surface area is 119 Å². The molecule has 2 heterocycles. The van der Waals surface area contributed by atoms with Crippen LogP contribution in [0.1, 0.15) is 5.69 Å². The number of benzene rings is 1. The number of thiazole rings is 1. The molecule has 0 aliphatic carbocycles. The van der Waals surface area contributed by atoms with Crippen LogP contribution in [0, 0.1) is 12.7 Å². The predicted octanol–water partition coefficient (Wildman–Crippen LogP) is 3.90. The number of nitrogens with two attached hydrogens (primary N) is 1. The maximum absolute atomic E-state index is 13.8. The lowest BCUT2D eigenvalue weighted by Crippen LogP contribution is -1.88. The number of hydrogen-bond acceptors (Lipinski definition) is 4. The monoisotopic (exact) mass is 285 g/mol. The SMILES string of the molecule is Cc1nc(N)sc1-c1ccnc(-c2ccccc2F)c1. The second-order valence-corrected chi connectivity index (χ2v) is 5.41. The highest BCUT2D eigenvalue weighted by molar-refractivity contribution is 7.18. The van der Waals surface area contributed by atoms with Crippen molar-refractivity contribution < 1.29 is 4.39 Å². The first kappa shape index (κ1) is 12.7. The summed E-state index contributed by atoms with van der Waals surface area (Å²) in [4.78, 5) is 9.44. The number of nitrogen functional groups attached to an aromatic ring is 1. The third-order valence-corrected chi connectivity index (χ3v) is 4.02. The molecule has 1 aromatic carbocycles. The van der Waals surface area contributed by atoms with Crippen molar-refractivity contribution in [3.05, 3.63) is 54.1 Å². The van der Waals surface area contributed by atoms with Crippen LogP contribution in [0.2, 0.25) is 0 Å². The van der Waals surface area contributed by atoms with Crippen LogP contribution in [0.15, 0.2) is 42.6 Å². The number of hydrogen-bond donors (Lipinski definition) is 1. The molecule has 2 aromatic heterocycles. The van der Waals surface area contributed by atoms with Crippen LogP contribution in [-0.2, 0) is 0 Å². The molecule has 0 fully saturated rings. The summed E-state index contributed by atoms with van der Waals surface area (Å²) in [6.45, 7) is 1.91. The normalized spacial score (nSPS) is 10.7. The smallest absolute Gasteiger partial charge is 0.180 e. The van der Waals surface area contributed by atoms with E-state index in [4.69, 9.17) is 5.73 Å². The lowest BCUT2D eigenvalue weighted by atomic mass is 10.1. The molecule has 100 valence electrons. The number of anilines is 1. The molecule has 0 unspecified atom stereocenters. The van der Waals surface area contributed by atoms with Gasteiger partial charge in [0.15, 0.2) is 5.13 Å². The van der Waals surface area contributed by atoms with Crippen molar-refractivity contribution in [1.29, 1.82) is 0 Å². The third kappa shape index (κ3) is 2.28. The van der Waals surface area contributed by atoms with E-state index in [-0.39, 0.29) is 5.82 Å². The first-order valence-electron chi connectivity index (χ1n) is 6.09. The van der Waals surface area contributed by atoms with Gasteiger partial charge in [-0.25, -0.2) is 9.37 Å². The molecule has 0 spiro atoms. The molecule has 0 bridgehead atoms. The first-order valence-corrected chi connectivity index (χ1v) is 6.91. The molecule has 0 saturated heterocycles. The Morgan fingerprint density at radius 2 is 2.00 bits per heavy atom. The summed E-state index contributed by atoms with van der Waals surface area (Å²) in [5.41, 5.74) is 8.64. The molecule has 0 aliphatic rings. The number of rotatable bonds is 2. The summed E-state index contributed by atoms with van der Waals surface area (Å²) in [6.07, 6.45) is 1.67. The number of aryl methyl sites for hydroxylation is 1. The van der Waals surface area contributed by atoms with Crippen molar-refractivity contribution in [2.45, 2.75) is 6.92 Å². The molecule has 3 nitrogen and oxygen atoms in total. The quantitative estimate of drug-likeness (QED) is 0.777. The highest BCUT2D eigenvalue weighted by Gasteiger charge is 2.11. The fourth-order valence-corrected chi connectivity index (χ4v) is 2.90. The molecule has 0 atom stereocenters. The van der Waals surface area contributed by atoms with Gasteiger partial charge < -0.3 is 5.73 Å². The van der Waals surface area contributed by atoms with E-state index in [1.165, 1.54) is 17.4 Å². The number of nitrogens with zero attached hydrogens (tertiary/aromatic N) is 2. The summed E-state index contributed by atoms with van der Waals surface area (Å²) in [6, 6.07) is 10.3. The van der Waals surface area contributed by atoms with E-state index in [9.17, 15) is 4.39 Å². The Balaban J connectivity index is 2.11. The zero-order chi connectivity index (χ0) is 14.1. The van der Waals surface area contributed by atoms with Gasteiger partial charge in [-0.1, -0.05) is 23.5 Å². The largest absolute Gasteiger partial charge is 0.375 e. The minimum Gasteiger partial charge on any atom is -0.375 e. The molecule has 0 aliphatic heterocycles. The van der Waals surface area contributed by atoms with Crippen LogP contribution in [0.5, 0.6) is 0 Å². The lowest BCUT2D eigenvalue weighted by molar-refractivity contribution is 0.631. The molecule has 2 N–H and O–H groups in total. The zero-order valence-corrected chi connectivity index (χ0v) is 11.6. The van der Waals surface area contributed by atoms with Crippen LogP contribution >= 0.6 is 11.3 Å². The predicted molar refractivity (Wildman–Crippen MR) is 79.9 cm³/mol. The third-order valence-electron chi connectivity index (χ3n) is 2.99. The van der Waals surface area contributed by atoms with E-state index in [0.717, 1.165) is 16.1 Å². The van der Waals surface area contributed by atoms with Crippen molar-refractivity contribution in [3.63, 3.8) is 0 Å². The van der Waals surface area contributed by atoms with Crippen LogP contribution in [0.3, 0.4) is 0 Å². The average Bonchev–Trinajstić information content (AvgIpc) is 2.78. The second-order valence-electron chi connectivity index (χ2n) is 4.38. The van der Waals surface area contributed by atoms with Crippen molar-refractivity contribution >= 4 is 16.5 Å². The zero-order valence-electron chi connectivity index (χ0n) is 10.8. The van der Waals surface area contributed by atoms with E-state index >= 15 is 0 Å². The maximum Gasteiger partial charge on any atom is 0.180 e. The molecule has 5 heteroatoms.